The van der Waals surface area contributed by atoms with Crippen LogP contribution in [0.4, 0.5) is 0 Å². The summed E-state index contributed by atoms with van der Waals surface area (Å²) in [6.07, 6.45) is 1.98. The molecule has 4 heteroatoms. The molecule has 0 heterocycles. The molecule has 1 N–H and O–H groups in total. The molecule has 0 spiro atoms. The SMILES string of the molecule is CN=C[C@@H](CCC(C)=O)C(=O)O. The van der Waals surface area contributed by atoms with Crippen LogP contribution in [0.1, 0.15) is 19.8 Å². The Morgan fingerprint density at radius 3 is 2.50 bits per heavy atom. The zero-order chi connectivity index (χ0) is 9.56. The average Bonchev–Trinajstić information content (AvgIpc) is 1.96. The van der Waals surface area contributed by atoms with Crippen LogP contribution in [0, 0.1) is 5.92 Å². The van der Waals surface area contributed by atoms with Crippen molar-refractivity contribution in [1.82, 2.24) is 0 Å². The number of aliphatic carboxylic acids is 1. The third-order valence-corrected chi connectivity index (χ3v) is 1.45. The number of aliphatic imine (C=N–C) groups is 1. The fourth-order valence-corrected chi connectivity index (χ4v) is 0.800. The normalized spacial score (nSPS) is 13.2. The van der Waals surface area contributed by atoms with Gasteiger partial charge in [0.15, 0.2) is 0 Å². The molecule has 0 amide bonds. The van der Waals surface area contributed by atoms with E-state index in [9.17, 15) is 9.59 Å². The monoisotopic (exact) mass is 171 g/mol. The van der Waals surface area contributed by atoms with Crippen LogP contribution in [0.2, 0.25) is 0 Å². The molecule has 0 aromatic rings. The number of carboxylic acid groups (broad SMARTS) is 1. The number of carboxylic acids is 1. The van der Waals surface area contributed by atoms with Gasteiger partial charge < -0.3 is 9.90 Å². The van der Waals surface area contributed by atoms with Crippen molar-refractivity contribution in [2.45, 2.75) is 19.8 Å². The lowest BCUT2D eigenvalue weighted by atomic mass is 10.0. The van der Waals surface area contributed by atoms with E-state index in [4.69, 9.17) is 5.11 Å². The van der Waals surface area contributed by atoms with Crippen molar-refractivity contribution in [1.29, 1.82) is 0 Å². The second-order valence-electron chi connectivity index (χ2n) is 2.59. The summed E-state index contributed by atoms with van der Waals surface area (Å²) >= 11 is 0. The molecule has 0 aromatic carbocycles. The van der Waals surface area contributed by atoms with Crippen LogP contribution < -0.4 is 0 Å². The summed E-state index contributed by atoms with van der Waals surface area (Å²) in [6.45, 7) is 1.45. The van der Waals surface area contributed by atoms with Crippen LogP contribution in [0.15, 0.2) is 4.99 Å². The summed E-state index contributed by atoms with van der Waals surface area (Å²) in [4.78, 5) is 24.7. The third kappa shape index (κ3) is 4.60. The van der Waals surface area contributed by atoms with Crippen molar-refractivity contribution in [2.24, 2.45) is 10.9 Å². The van der Waals surface area contributed by atoms with E-state index >= 15 is 0 Å². The molecular formula is C8H13NO3. The van der Waals surface area contributed by atoms with Gasteiger partial charge in [-0.1, -0.05) is 0 Å². The predicted molar refractivity (Wildman–Crippen MR) is 45.5 cm³/mol. The van der Waals surface area contributed by atoms with Crippen LogP contribution in [0.5, 0.6) is 0 Å². The number of nitrogens with zero attached hydrogens (tertiary/aromatic N) is 1. The second-order valence-corrected chi connectivity index (χ2v) is 2.59. The number of ketones is 1. The summed E-state index contributed by atoms with van der Waals surface area (Å²) < 4.78 is 0. The molecule has 0 aliphatic carbocycles. The highest BCUT2D eigenvalue weighted by Gasteiger charge is 2.14. The molecule has 4 nitrogen and oxygen atoms in total. The number of carbonyl (C=O) groups is 2. The summed E-state index contributed by atoms with van der Waals surface area (Å²) in [7, 11) is 1.52. The Bertz CT molecular complexity index is 198. The number of hydrogen-bond acceptors (Lipinski definition) is 3. The van der Waals surface area contributed by atoms with Gasteiger partial charge in [-0.2, -0.15) is 0 Å². The van der Waals surface area contributed by atoms with Gasteiger partial charge in [0.1, 0.15) is 5.78 Å². The summed E-state index contributed by atoms with van der Waals surface area (Å²) in [5.74, 6) is -1.55. The van der Waals surface area contributed by atoms with Gasteiger partial charge in [0, 0.05) is 19.7 Å². The lowest BCUT2D eigenvalue weighted by molar-refractivity contribution is -0.139. The van der Waals surface area contributed by atoms with Gasteiger partial charge in [-0.15, -0.1) is 0 Å². The first kappa shape index (κ1) is 10.8. The molecule has 68 valence electrons. The maximum atomic E-state index is 10.5. The lowest BCUT2D eigenvalue weighted by Gasteiger charge is -2.03. The highest BCUT2D eigenvalue weighted by molar-refractivity contribution is 5.89. The zero-order valence-corrected chi connectivity index (χ0v) is 7.28. The summed E-state index contributed by atoms with van der Waals surface area (Å²) in [6, 6.07) is 0. The summed E-state index contributed by atoms with van der Waals surface area (Å²) in [5, 5.41) is 8.61. The Hall–Kier alpha value is -1.19. The first-order chi connectivity index (χ1) is 5.57. The second kappa shape index (κ2) is 5.46. The Morgan fingerprint density at radius 1 is 1.58 bits per heavy atom. The van der Waals surface area contributed by atoms with Crippen LogP contribution >= 0.6 is 0 Å². The number of Topliss-reactive ketones (excluding diaryl/α,β-unsaturated/α-hetero) is 1. The molecule has 0 aliphatic heterocycles. The van der Waals surface area contributed by atoms with Gasteiger partial charge in [0.25, 0.3) is 0 Å². The van der Waals surface area contributed by atoms with E-state index in [2.05, 4.69) is 4.99 Å². The molecule has 0 saturated heterocycles. The standard InChI is InChI=1S/C8H13NO3/c1-6(10)3-4-7(5-9-2)8(11)12/h5,7H,3-4H2,1-2H3,(H,11,12)/t7-/m1/s1. The third-order valence-electron chi connectivity index (χ3n) is 1.45. The zero-order valence-electron chi connectivity index (χ0n) is 7.28. The minimum atomic E-state index is -0.929. The quantitative estimate of drug-likeness (QED) is 0.621. The molecule has 0 saturated carbocycles. The van der Waals surface area contributed by atoms with Crippen molar-refractivity contribution in [2.75, 3.05) is 7.05 Å². The van der Waals surface area contributed by atoms with Crippen molar-refractivity contribution in [3.05, 3.63) is 0 Å². The maximum Gasteiger partial charge on any atom is 0.311 e. The van der Waals surface area contributed by atoms with E-state index in [0.29, 0.717) is 12.8 Å². The molecule has 0 aliphatic rings. The van der Waals surface area contributed by atoms with Crippen molar-refractivity contribution < 1.29 is 14.7 Å². The van der Waals surface area contributed by atoms with Crippen molar-refractivity contribution in [3.8, 4) is 0 Å². The van der Waals surface area contributed by atoms with E-state index in [1.165, 1.54) is 20.2 Å². The minimum Gasteiger partial charge on any atom is -0.481 e. The van der Waals surface area contributed by atoms with Crippen molar-refractivity contribution in [3.63, 3.8) is 0 Å². The smallest absolute Gasteiger partial charge is 0.311 e. The predicted octanol–water partition coefficient (Wildman–Crippen LogP) is 0.757. The van der Waals surface area contributed by atoms with Crippen LogP contribution in [0.3, 0.4) is 0 Å². The Morgan fingerprint density at radius 2 is 2.17 bits per heavy atom. The minimum absolute atomic E-state index is 0.00533. The lowest BCUT2D eigenvalue weighted by Crippen LogP contribution is -2.16. The van der Waals surface area contributed by atoms with Crippen LogP contribution in [-0.2, 0) is 9.59 Å². The molecule has 0 radical (unpaired) electrons. The molecular weight excluding hydrogens is 158 g/mol. The molecule has 0 aromatic heterocycles. The van der Waals surface area contributed by atoms with E-state index in [1.807, 2.05) is 0 Å². The molecule has 12 heavy (non-hydrogen) atoms. The molecule has 0 fully saturated rings. The van der Waals surface area contributed by atoms with Gasteiger partial charge in [0.2, 0.25) is 0 Å². The number of rotatable bonds is 5. The first-order valence-electron chi connectivity index (χ1n) is 3.72. The number of carbonyl (C=O) groups excluding carboxylic acids is 1. The summed E-state index contributed by atoms with van der Waals surface area (Å²) in [5.41, 5.74) is 0. The van der Waals surface area contributed by atoms with Gasteiger partial charge in [-0.25, -0.2) is 0 Å². The maximum absolute atomic E-state index is 10.5. The molecule has 1 atom stereocenters. The Kier molecular flexibility index (Phi) is 4.92. The van der Waals surface area contributed by atoms with Gasteiger partial charge in [-0.3, -0.25) is 9.79 Å². The van der Waals surface area contributed by atoms with E-state index in [0.717, 1.165) is 0 Å². The van der Waals surface area contributed by atoms with Crippen LogP contribution in [-0.4, -0.2) is 30.1 Å². The fraction of sp³-hybridized carbons (Fsp3) is 0.625. The van der Waals surface area contributed by atoms with Crippen molar-refractivity contribution >= 4 is 18.0 Å². The van der Waals surface area contributed by atoms with E-state index < -0.39 is 11.9 Å². The molecule has 0 unspecified atom stereocenters. The highest BCUT2D eigenvalue weighted by atomic mass is 16.4. The Balaban J connectivity index is 3.96. The largest absolute Gasteiger partial charge is 0.481 e. The van der Waals surface area contributed by atoms with Crippen LogP contribution in [0.25, 0.3) is 0 Å². The Labute approximate surface area is 71.3 Å². The van der Waals surface area contributed by atoms with Gasteiger partial charge >= 0.3 is 5.97 Å². The van der Waals surface area contributed by atoms with E-state index in [-0.39, 0.29) is 5.78 Å². The average molecular weight is 171 g/mol. The topological polar surface area (TPSA) is 66.7 Å². The first-order valence-corrected chi connectivity index (χ1v) is 3.72. The molecule has 0 rings (SSSR count). The highest BCUT2D eigenvalue weighted by Crippen LogP contribution is 2.04. The van der Waals surface area contributed by atoms with Gasteiger partial charge in [-0.05, 0) is 13.3 Å². The molecule has 0 bridgehead atoms. The van der Waals surface area contributed by atoms with E-state index in [1.54, 1.807) is 0 Å². The fourth-order valence-electron chi connectivity index (χ4n) is 0.800. The number of hydrogen-bond donors (Lipinski definition) is 1. The van der Waals surface area contributed by atoms with Gasteiger partial charge in [0.05, 0.1) is 5.92 Å².